The zero-order valence-corrected chi connectivity index (χ0v) is 26.1. The molecule has 2 heterocycles. The zero-order valence-electron chi connectivity index (χ0n) is 23.8. The fourth-order valence-electron chi connectivity index (χ4n) is 4.93. The summed E-state index contributed by atoms with van der Waals surface area (Å²) in [6.07, 6.45) is 6.55. The van der Waals surface area contributed by atoms with E-state index in [1.807, 2.05) is 31.2 Å². The van der Waals surface area contributed by atoms with Gasteiger partial charge in [-0.3, -0.25) is 0 Å². The lowest BCUT2D eigenvalue weighted by Gasteiger charge is -2.17. The summed E-state index contributed by atoms with van der Waals surface area (Å²) in [5.74, 6) is 1.11. The summed E-state index contributed by atoms with van der Waals surface area (Å²) in [4.78, 5) is 0. The quantitative estimate of drug-likeness (QED) is 0.151. The number of benzene rings is 4. The van der Waals surface area contributed by atoms with E-state index in [2.05, 4.69) is 0 Å². The number of hydrogen-bond donors (Lipinski definition) is 4. The molecule has 0 radical (unpaired) electrons. The minimum Gasteiger partial charge on any atom is -0.508 e. The topological polar surface area (TPSA) is 109 Å². The monoisotopic (exact) mass is 654 g/mol. The number of hydrogen-bond acceptors (Lipinski definition) is 7. The number of fused-ring (bicyclic) bond motifs is 6. The van der Waals surface area contributed by atoms with Crippen molar-refractivity contribution in [3.8, 4) is 51.7 Å². The molecular formula is C34H29Cl3O7. The average Bonchev–Trinajstić information content (AvgIpc) is 2.96. The number of methoxy groups -OCH3 is 1. The predicted molar refractivity (Wildman–Crippen MR) is 172 cm³/mol. The Bertz CT molecular complexity index is 1800. The molecule has 0 amide bonds. The molecule has 228 valence electrons. The van der Waals surface area contributed by atoms with Crippen LogP contribution in [0.25, 0.3) is 0 Å². The number of halogens is 3. The molecule has 0 aliphatic carbocycles. The van der Waals surface area contributed by atoms with Gasteiger partial charge in [0.1, 0.15) is 28.7 Å². The second kappa shape index (κ2) is 13.2. The predicted octanol–water partition coefficient (Wildman–Crippen LogP) is 9.28. The van der Waals surface area contributed by atoms with E-state index < -0.39 is 0 Å². The second-order valence-electron chi connectivity index (χ2n) is 10.3. The molecule has 6 rings (SSSR count). The van der Waals surface area contributed by atoms with Crippen molar-refractivity contribution < 1.29 is 34.6 Å². The maximum atomic E-state index is 10.7. The summed E-state index contributed by atoms with van der Waals surface area (Å²) in [7, 11) is 1.54. The molecule has 4 N–H and O–H groups in total. The lowest BCUT2D eigenvalue weighted by atomic mass is 10.0. The fraction of sp³-hybridized carbons (Fsp3) is 0.176. The smallest absolute Gasteiger partial charge is 0.172 e. The molecule has 0 saturated carbocycles. The van der Waals surface area contributed by atoms with Gasteiger partial charge in [0.2, 0.25) is 0 Å². The van der Waals surface area contributed by atoms with Gasteiger partial charge >= 0.3 is 0 Å². The molecule has 0 unspecified atom stereocenters. The number of allylic oxidation sites excluding steroid dienone is 4. The first-order valence-electron chi connectivity index (χ1n) is 13.6. The van der Waals surface area contributed by atoms with E-state index in [1.54, 1.807) is 19.3 Å². The largest absolute Gasteiger partial charge is 0.508 e. The molecule has 2 aliphatic rings. The van der Waals surface area contributed by atoms with Crippen molar-refractivity contribution in [1.82, 2.24) is 0 Å². The lowest BCUT2D eigenvalue weighted by Crippen LogP contribution is -1.98. The number of aromatic hydroxyl groups is 4. The van der Waals surface area contributed by atoms with Crippen LogP contribution in [0.2, 0.25) is 10.0 Å². The highest BCUT2D eigenvalue weighted by molar-refractivity contribution is 6.33. The third kappa shape index (κ3) is 6.81. The highest BCUT2D eigenvalue weighted by Crippen LogP contribution is 2.44. The normalized spacial score (nSPS) is 15.4. The number of rotatable bonds is 1. The van der Waals surface area contributed by atoms with Crippen LogP contribution in [0.4, 0.5) is 0 Å². The summed E-state index contributed by atoms with van der Waals surface area (Å²) in [6, 6.07) is 12.4. The van der Waals surface area contributed by atoms with Gasteiger partial charge in [-0.15, -0.1) is 0 Å². The Morgan fingerprint density at radius 1 is 0.727 bits per heavy atom. The van der Waals surface area contributed by atoms with Crippen LogP contribution in [-0.2, 0) is 25.7 Å². The highest BCUT2D eigenvalue weighted by Gasteiger charge is 2.19. The summed E-state index contributed by atoms with van der Waals surface area (Å²) in [6.45, 7) is 1.88. The van der Waals surface area contributed by atoms with E-state index in [0.29, 0.717) is 51.8 Å². The molecule has 44 heavy (non-hydrogen) atoms. The van der Waals surface area contributed by atoms with Gasteiger partial charge < -0.3 is 34.6 Å². The molecule has 6 bridgehead atoms. The van der Waals surface area contributed by atoms with E-state index in [1.165, 1.54) is 30.3 Å². The van der Waals surface area contributed by atoms with Crippen molar-refractivity contribution in [2.75, 3.05) is 7.11 Å². The van der Waals surface area contributed by atoms with Crippen LogP contribution in [0.1, 0.15) is 27.8 Å². The Labute approximate surface area is 269 Å². The van der Waals surface area contributed by atoms with Crippen LogP contribution in [0.5, 0.6) is 51.7 Å². The first-order valence-corrected chi connectivity index (χ1v) is 14.8. The second-order valence-corrected chi connectivity index (χ2v) is 11.6. The van der Waals surface area contributed by atoms with Gasteiger partial charge in [-0.05, 0) is 67.6 Å². The van der Waals surface area contributed by atoms with Crippen LogP contribution >= 0.6 is 34.8 Å². The average molecular weight is 656 g/mol. The fourth-order valence-corrected chi connectivity index (χ4v) is 5.64. The van der Waals surface area contributed by atoms with E-state index in [9.17, 15) is 20.4 Å². The van der Waals surface area contributed by atoms with Crippen molar-refractivity contribution in [3.05, 3.63) is 110 Å². The summed E-state index contributed by atoms with van der Waals surface area (Å²) >= 11 is 19.8. The van der Waals surface area contributed by atoms with Crippen molar-refractivity contribution in [3.63, 3.8) is 0 Å². The van der Waals surface area contributed by atoms with Crippen LogP contribution in [-0.4, -0.2) is 27.5 Å². The number of phenolic OH excluding ortho intramolecular Hbond substituents is 4. The molecule has 0 fully saturated rings. The summed E-state index contributed by atoms with van der Waals surface area (Å²) in [5.41, 5.74) is 3.07. The van der Waals surface area contributed by atoms with Gasteiger partial charge in [0, 0.05) is 40.3 Å². The SMILES string of the molecule is COc1cc2cc(C)c1Oc1cc(c(O)cc1Cl)C/C=C\Cc1cc(O)cc(O)c1Oc1ccc(O)c(c1Cl)C/C=C(/Cl)C2. The Morgan fingerprint density at radius 3 is 2.20 bits per heavy atom. The third-order valence-corrected chi connectivity index (χ3v) is 8.13. The standard InChI is InChI=1S/C34H29Cl3O7/c1-18-11-19-12-22(35)7-8-24-26(39)9-10-29(32(24)37)43-34-21(14-23(38)16-28(34)41)6-4-3-5-20-15-30(25(36)17-27(20)40)44-33(18)31(13-19)42-2/h3-4,7,9-11,13-17,38-41H,5-6,8,12H2,1-2H3/b4-3-,22-7+. The van der Waals surface area contributed by atoms with Crippen LogP contribution in [0.3, 0.4) is 0 Å². The van der Waals surface area contributed by atoms with Crippen LogP contribution in [0.15, 0.2) is 71.8 Å². The third-order valence-electron chi connectivity index (χ3n) is 7.13. The maximum absolute atomic E-state index is 10.7. The zero-order chi connectivity index (χ0) is 31.5. The molecule has 4 aromatic carbocycles. The van der Waals surface area contributed by atoms with Crippen LogP contribution < -0.4 is 14.2 Å². The molecule has 0 spiro atoms. The summed E-state index contributed by atoms with van der Waals surface area (Å²) in [5, 5.41) is 42.9. The highest BCUT2D eigenvalue weighted by atomic mass is 35.5. The van der Waals surface area contributed by atoms with E-state index in [-0.39, 0.29) is 57.4 Å². The lowest BCUT2D eigenvalue weighted by molar-refractivity contribution is 0.376. The molecule has 2 aliphatic heterocycles. The molecule has 0 saturated heterocycles. The van der Waals surface area contributed by atoms with Gasteiger partial charge in [0.25, 0.3) is 0 Å². The molecule has 7 nitrogen and oxygen atoms in total. The first kappa shape index (κ1) is 31.3. The van der Waals surface area contributed by atoms with E-state index in [0.717, 1.165) is 11.1 Å². The Balaban J connectivity index is 1.62. The minimum absolute atomic E-state index is 0.00119. The van der Waals surface area contributed by atoms with E-state index >= 15 is 0 Å². The van der Waals surface area contributed by atoms with Crippen molar-refractivity contribution >= 4 is 34.8 Å². The molecule has 4 aromatic rings. The number of ether oxygens (including phenoxy) is 3. The molecule has 0 aromatic heterocycles. The van der Waals surface area contributed by atoms with Gasteiger partial charge in [-0.25, -0.2) is 0 Å². The number of aryl methyl sites for hydroxylation is 1. The minimum atomic E-state index is -0.287. The van der Waals surface area contributed by atoms with Gasteiger partial charge in [0.15, 0.2) is 23.0 Å². The van der Waals surface area contributed by atoms with Gasteiger partial charge in [0.05, 0.1) is 17.2 Å². The van der Waals surface area contributed by atoms with Gasteiger partial charge in [-0.2, -0.15) is 0 Å². The van der Waals surface area contributed by atoms with Crippen molar-refractivity contribution in [2.45, 2.75) is 32.6 Å². The van der Waals surface area contributed by atoms with Gasteiger partial charge in [-0.1, -0.05) is 59.1 Å². The molecular weight excluding hydrogens is 627 g/mol. The van der Waals surface area contributed by atoms with Crippen LogP contribution in [0, 0.1) is 6.92 Å². The Kier molecular flexibility index (Phi) is 9.39. The Hall–Kier alpha value is -4.17. The Morgan fingerprint density at radius 2 is 1.45 bits per heavy atom. The van der Waals surface area contributed by atoms with Crippen molar-refractivity contribution in [2.24, 2.45) is 0 Å². The number of phenols is 4. The summed E-state index contributed by atoms with van der Waals surface area (Å²) < 4.78 is 17.9. The molecule has 10 heteroatoms. The molecule has 0 atom stereocenters. The maximum Gasteiger partial charge on any atom is 0.172 e. The van der Waals surface area contributed by atoms with E-state index in [4.69, 9.17) is 49.0 Å². The van der Waals surface area contributed by atoms with Crippen molar-refractivity contribution in [1.29, 1.82) is 0 Å². The first-order chi connectivity index (χ1) is 21.0.